The minimum absolute atomic E-state index is 0.786. The summed E-state index contributed by atoms with van der Waals surface area (Å²) in [5, 5.41) is 4.61. The number of fused-ring (bicyclic) bond motifs is 4. The number of rotatable bonds is 0. The van der Waals surface area contributed by atoms with Crippen LogP contribution in [-0.4, -0.2) is 0 Å². The van der Waals surface area contributed by atoms with Crippen LogP contribution in [0.25, 0.3) is 29.3 Å². The molecule has 1 aromatic carbocycles. The van der Waals surface area contributed by atoms with Crippen LogP contribution in [0.5, 0.6) is 5.75 Å². The van der Waals surface area contributed by atoms with Gasteiger partial charge in [0, 0.05) is 6.07 Å². The SMILES string of the molecule is C1=C[n+]2ccc3cc4c(cc3c2=CC1)=COO4. The third-order valence-electron chi connectivity index (χ3n) is 3.18. The van der Waals surface area contributed by atoms with Crippen LogP contribution >= 0.6 is 0 Å². The number of hydrogen-bond donors (Lipinski definition) is 0. The Morgan fingerprint density at radius 1 is 1.24 bits per heavy atom. The summed E-state index contributed by atoms with van der Waals surface area (Å²) in [7, 11) is 0. The molecule has 0 atom stereocenters. The lowest BCUT2D eigenvalue weighted by atomic mass is 10.1. The predicted molar refractivity (Wildman–Crippen MR) is 64.0 cm³/mol. The Hall–Kier alpha value is -2.29. The van der Waals surface area contributed by atoms with E-state index in [0.29, 0.717) is 0 Å². The molecule has 4 rings (SSSR count). The molecule has 0 bridgehead atoms. The van der Waals surface area contributed by atoms with Gasteiger partial charge in [-0.05, 0) is 36.1 Å². The zero-order chi connectivity index (χ0) is 11.2. The zero-order valence-corrected chi connectivity index (χ0v) is 9.09. The maximum absolute atomic E-state index is 5.06. The fraction of sp³-hybridized carbons (Fsp3) is 0.0714. The summed E-state index contributed by atoms with van der Waals surface area (Å²) in [5.74, 6) is 0.786. The Labute approximate surface area is 97.4 Å². The van der Waals surface area contributed by atoms with Gasteiger partial charge in [0.2, 0.25) is 5.35 Å². The van der Waals surface area contributed by atoms with Gasteiger partial charge in [0.25, 0.3) is 0 Å². The molecule has 3 heteroatoms. The second kappa shape index (κ2) is 3.10. The monoisotopic (exact) mass is 224 g/mol. The van der Waals surface area contributed by atoms with E-state index in [1.807, 2.05) is 6.07 Å². The summed E-state index contributed by atoms with van der Waals surface area (Å²) in [4.78, 5) is 9.94. The van der Waals surface area contributed by atoms with Gasteiger partial charge in [-0.1, -0.05) is 0 Å². The van der Waals surface area contributed by atoms with Gasteiger partial charge in [0.15, 0.2) is 24.4 Å². The lowest BCUT2D eigenvalue weighted by molar-refractivity contribution is -0.582. The lowest BCUT2D eigenvalue weighted by Gasteiger charge is -2.01. The van der Waals surface area contributed by atoms with Crippen molar-refractivity contribution in [3.63, 3.8) is 0 Å². The molecule has 0 radical (unpaired) electrons. The second-order valence-corrected chi connectivity index (χ2v) is 4.21. The lowest BCUT2D eigenvalue weighted by Crippen LogP contribution is -2.46. The van der Waals surface area contributed by atoms with E-state index in [4.69, 9.17) is 9.78 Å². The van der Waals surface area contributed by atoms with Crippen molar-refractivity contribution in [3.8, 4) is 5.75 Å². The number of hydrogen-bond acceptors (Lipinski definition) is 2. The first-order chi connectivity index (χ1) is 8.42. The zero-order valence-electron chi connectivity index (χ0n) is 9.09. The summed E-state index contributed by atoms with van der Waals surface area (Å²) < 4.78 is 2.13. The number of benzene rings is 1. The molecule has 2 aromatic rings. The number of nitrogens with zero attached hydrogens (tertiary/aromatic N) is 1. The van der Waals surface area contributed by atoms with Gasteiger partial charge in [-0.3, -0.25) is 9.78 Å². The summed E-state index contributed by atoms with van der Waals surface area (Å²) in [6, 6.07) is 6.21. The Balaban J connectivity index is 2.21. The molecule has 0 N–H and O–H groups in total. The second-order valence-electron chi connectivity index (χ2n) is 4.21. The molecule has 0 spiro atoms. The Bertz CT molecular complexity index is 775. The van der Waals surface area contributed by atoms with Crippen LogP contribution in [0.2, 0.25) is 0 Å². The van der Waals surface area contributed by atoms with Crippen molar-refractivity contribution in [1.29, 1.82) is 0 Å². The molecule has 17 heavy (non-hydrogen) atoms. The fourth-order valence-corrected chi connectivity index (χ4v) is 2.34. The normalized spacial score (nSPS) is 15.3. The number of aromatic nitrogens is 1. The van der Waals surface area contributed by atoms with Crippen LogP contribution in [-0.2, 0) is 4.89 Å². The third kappa shape index (κ3) is 1.19. The molecule has 3 heterocycles. The fourth-order valence-electron chi connectivity index (χ4n) is 2.34. The molecule has 0 aliphatic carbocycles. The molecule has 1 aromatic heterocycles. The minimum atomic E-state index is 0.786. The van der Waals surface area contributed by atoms with Crippen molar-refractivity contribution in [2.45, 2.75) is 6.42 Å². The maximum atomic E-state index is 5.06. The van der Waals surface area contributed by atoms with E-state index in [0.717, 1.165) is 17.4 Å². The first-order valence-electron chi connectivity index (χ1n) is 5.60. The summed E-state index contributed by atoms with van der Waals surface area (Å²) in [6.07, 6.45) is 11.1. The molecular formula is C14H10NO2+. The predicted octanol–water partition coefficient (Wildman–Crippen LogP) is 0.844. The highest BCUT2D eigenvalue weighted by Crippen LogP contribution is 2.16. The highest BCUT2D eigenvalue weighted by Gasteiger charge is 2.13. The average Bonchev–Trinajstić information content (AvgIpc) is 2.83. The molecule has 0 saturated carbocycles. The molecule has 2 aliphatic rings. The topological polar surface area (TPSA) is 22.3 Å². The maximum Gasteiger partial charge on any atom is 0.214 e. The smallest absolute Gasteiger partial charge is 0.214 e. The number of pyridine rings is 1. The van der Waals surface area contributed by atoms with Crippen molar-refractivity contribution < 1.29 is 14.3 Å². The van der Waals surface area contributed by atoms with Crippen molar-refractivity contribution in [2.24, 2.45) is 0 Å². The van der Waals surface area contributed by atoms with E-state index in [-0.39, 0.29) is 0 Å². The van der Waals surface area contributed by atoms with Gasteiger partial charge < -0.3 is 0 Å². The van der Waals surface area contributed by atoms with Crippen LogP contribution in [0.3, 0.4) is 0 Å². The number of allylic oxidation sites excluding steroid dienone is 1. The average molecular weight is 224 g/mol. The largest absolute Gasteiger partial charge is 0.297 e. The van der Waals surface area contributed by atoms with Crippen molar-refractivity contribution in [2.75, 3.05) is 0 Å². The van der Waals surface area contributed by atoms with Gasteiger partial charge in [-0.15, -0.1) is 0 Å². The summed E-state index contributed by atoms with van der Waals surface area (Å²) in [5.41, 5.74) is 0. The Morgan fingerprint density at radius 2 is 2.24 bits per heavy atom. The Kier molecular flexibility index (Phi) is 1.61. The van der Waals surface area contributed by atoms with Crippen molar-refractivity contribution in [1.82, 2.24) is 0 Å². The molecule has 0 saturated heterocycles. The van der Waals surface area contributed by atoms with Crippen LogP contribution in [0.15, 0.2) is 30.5 Å². The molecule has 3 nitrogen and oxygen atoms in total. The third-order valence-corrected chi connectivity index (χ3v) is 3.18. The Morgan fingerprint density at radius 3 is 3.24 bits per heavy atom. The van der Waals surface area contributed by atoms with Gasteiger partial charge in [0.1, 0.15) is 0 Å². The van der Waals surface area contributed by atoms with E-state index in [1.165, 1.54) is 16.1 Å². The summed E-state index contributed by atoms with van der Waals surface area (Å²) >= 11 is 0. The van der Waals surface area contributed by atoms with Crippen LogP contribution < -0.4 is 20.0 Å². The first-order valence-corrected chi connectivity index (χ1v) is 5.60. The van der Waals surface area contributed by atoms with E-state index < -0.39 is 0 Å². The highest BCUT2D eigenvalue weighted by atomic mass is 17.2. The van der Waals surface area contributed by atoms with E-state index >= 15 is 0 Å². The molecule has 82 valence electrons. The van der Waals surface area contributed by atoms with E-state index in [2.05, 4.69) is 41.2 Å². The van der Waals surface area contributed by atoms with Crippen LogP contribution in [0.1, 0.15) is 6.42 Å². The quantitative estimate of drug-likeness (QED) is 0.489. The van der Waals surface area contributed by atoms with Crippen LogP contribution in [0.4, 0.5) is 0 Å². The molecule has 0 unspecified atom stereocenters. The summed E-state index contributed by atoms with van der Waals surface area (Å²) in [6.45, 7) is 0. The van der Waals surface area contributed by atoms with E-state index in [1.54, 1.807) is 6.26 Å². The minimum Gasteiger partial charge on any atom is -0.297 e. The molecule has 2 aliphatic heterocycles. The van der Waals surface area contributed by atoms with Gasteiger partial charge in [0.05, 0.1) is 10.6 Å². The van der Waals surface area contributed by atoms with Crippen molar-refractivity contribution >= 4 is 29.3 Å². The standard InChI is InChI=1S/C14H10NO2/c1-2-5-15-6-4-10-8-14-11(9-16-17-14)7-12(10)13(15)3-1/h2-9H,1H2/q+1. The molecule has 0 fully saturated rings. The van der Waals surface area contributed by atoms with Gasteiger partial charge in [-0.25, -0.2) is 0 Å². The van der Waals surface area contributed by atoms with E-state index in [9.17, 15) is 0 Å². The van der Waals surface area contributed by atoms with Gasteiger partial charge >= 0.3 is 0 Å². The first kappa shape index (κ1) is 8.82. The van der Waals surface area contributed by atoms with Crippen LogP contribution in [0, 0.1) is 0 Å². The molecule has 0 amide bonds. The van der Waals surface area contributed by atoms with Crippen molar-refractivity contribution in [3.05, 3.63) is 41.0 Å². The molecular weight excluding hydrogens is 214 g/mol. The van der Waals surface area contributed by atoms with Gasteiger partial charge in [-0.2, -0.15) is 4.57 Å². The highest BCUT2D eigenvalue weighted by molar-refractivity contribution is 5.84.